The lowest BCUT2D eigenvalue weighted by Gasteiger charge is -2.14. The summed E-state index contributed by atoms with van der Waals surface area (Å²) in [5.41, 5.74) is 0.105. The van der Waals surface area contributed by atoms with Gasteiger partial charge >= 0.3 is 0 Å². The molecule has 1 N–H and O–H groups in total. The molecule has 0 fully saturated rings. The maximum atomic E-state index is 13.7. The molecule has 0 aromatic heterocycles. The molecule has 0 radical (unpaired) electrons. The van der Waals surface area contributed by atoms with Crippen LogP contribution >= 0.6 is 23.2 Å². The van der Waals surface area contributed by atoms with E-state index < -0.39 is 11.9 Å². The van der Waals surface area contributed by atoms with Crippen LogP contribution in [0.5, 0.6) is 11.5 Å². The van der Waals surface area contributed by atoms with E-state index in [0.29, 0.717) is 15.8 Å². The Labute approximate surface area is 120 Å². The lowest BCUT2D eigenvalue weighted by atomic mass is 10.1. The van der Waals surface area contributed by atoms with Crippen molar-refractivity contribution in [2.45, 2.75) is 13.0 Å². The molecule has 19 heavy (non-hydrogen) atoms. The summed E-state index contributed by atoms with van der Waals surface area (Å²) in [7, 11) is 0. The zero-order chi connectivity index (χ0) is 14.0. The van der Waals surface area contributed by atoms with Crippen LogP contribution in [-0.2, 0) is 0 Å². The molecule has 2 aromatic rings. The Morgan fingerprint density at radius 1 is 1.16 bits per heavy atom. The van der Waals surface area contributed by atoms with Crippen LogP contribution in [-0.4, -0.2) is 5.11 Å². The summed E-state index contributed by atoms with van der Waals surface area (Å²) >= 11 is 11.7. The van der Waals surface area contributed by atoms with Crippen LogP contribution in [0.2, 0.25) is 10.0 Å². The zero-order valence-electron chi connectivity index (χ0n) is 10.0. The van der Waals surface area contributed by atoms with E-state index in [-0.39, 0.29) is 11.3 Å². The van der Waals surface area contributed by atoms with E-state index >= 15 is 0 Å². The minimum Gasteiger partial charge on any atom is -0.457 e. The van der Waals surface area contributed by atoms with Gasteiger partial charge in [0, 0.05) is 6.07 Å². The highest BCUT2D eigenvalue weighted by Gasteiger charge is 2.15. The first-order chi connectivity index (χ1) is 8.99. The third-order valence-electron chi connectivity index (χ3n) is 2.55. The molecular formula is C14H11Cl2FO2. The zero-order valence-corrected chi connectivity index (χ0v) is 11.5. The fourth-order valence-corrected chi connectivity index (χ4v) is 1.97. The van der Waals surface area contributed by atoms with E-state index in [9.17, 15) is 9.50 Å². The van der Waals surface area contributed by atoms with Crippen molar-refractivity contribution in [2.24, 2.45) is 0 Å². The van der Waals surface area contributed by atoms with Gasteiger partial charge in [-0.1, -0.05) is 29.3 Å². The minimum atomic E-state index is -0.973. The van der Waals surface area contributed by atoms with Gasteiger partial charge < -0.3 is 9.84 Å². The number of rotatable bonds is 3. The highest BCUT2D eigenvalue weighted by molar-refractivity contribution is 6.42. The summed E-state index contributed by atoms with van der Waals surface area (Å²) in [6, 6.07) is 9.08. The molecule has 0 aliphatic heterocycles. The molecule has 100 valence electrons. The highest BCUT2D eigenvalue weighted by atomic mass is 35.5. The predicted molar refractivity (Wildman–Crippen MR) is 73.6 cm³/mol. The number of hydrogen-bond donors (Lipinski definition) is 1. The molecule has 2 aromatic carbocycles. The summed E-state index contributed by atoms with van der Waals surface area (Å²) in [6.45, 7) is 1.47. The van der Waals surface area contributed by atoms with Crippen LogP contribution in [0.4, 0.5) is 4.39 Å². The molecule has 0 spiro atoms. The van der Waals surface area contributed by atoms with Crippen LogP contribution in [0.15, 0.2) is 36.4 Å². The van der Waals surface area contributed by atoms with Gasteiger partial charge in [-0.25, -0.2) is 4.39 Å². The van der Waals surface area contributed by atoms with Gasteiger partial charge in [-0.05, 0) is 31.2 Å². The van der Waals surface area contributed by atoms with Crippen molar-refractivity contribution in [3.05, 3.63) is 57.8 Å². The van der Waals surface area contributed by atoms with Gasteiger partial charge in [0.25, 0.3) is 0 Å². The van der Waals surface area contributed by atoms with Crippen LogP contribution in [0.1, 0.15) is 18.6 Å². The molecule has 0 heterocycles. The van der Waals surface area contributed by atoms with Gasteiger partial charge in [-0.15, -0.1) is 0 Å². The first-order valence-corrected chi connectivity index (χ1v) is 6.34. The van der Waals surface area contributed by atoms with Gasteiger partial charge in [0.15, 0.2) is 0 Å². The van der Waals surface area contributed by atoms with E-state index in [2.05, 4.69) is 0 Å². The van der Waals surface area contributed by atoms with E-state index in [1.54, 1.807) is 18.2 Å². The molecule has 0 aliphatic carbocycles. The summed E-state index contributed by atoms with van der Waals surface area (Å²) in [6.07, 6.45) is -0.973. The topological polar surface area (TPSA) is 29.5 Å². The number of aliphatic hydroxyl groups is 1. The summed E-state index contributed by atoms with van der Waals surface area (Å²) < 4.78 is 19.2. The fraction of sp³-hybridized carbons (Fsp3) is 0.143. The van der Waals surface area contributed by atoms with Gasteiger partial charge in [0.05, 0.1) is 21.7 Å². The van der Waals surface area contributed by atoms with Crippen LogP contribution < -0.4 is 4.74 Å². The highest BCUT2D eigenvalue weighted by Crippen LogP contribution is 2.34. The number of aliphatic hydroxyl groups excluding tert-OH is 1. The lowest BCUT2D eigenvalue weighted by Crippen LogP contribution is -1.99. The molecule has 0 saturated heterocycles. The smallest absolute Gasteiger partial charge is 0.136 e. The van der Waals surface area contributed by atoms with Crippen molar-refractivity contribution in [2.75, 3.05) is 0 Å². The van der Waals surface area contributed by atoms with Crippen molar-refractivity contribution < 1.29 is 14.2 Å². The Morgan fingerprint density at radius 3 is 2.53 bits per heavy atom. The molecule has 5 heteroatoms. The second-order valence-electron chi connectivity index (χ2n) is 4.01. The summed E-state index contributed by atoms with van der Waals surface area (Å²) in [5, 5.41) is 10.3. The van der Waals surface area contributed by atoms with Crippen molar-refractivity contribution in [1.29, 1.82) is 0 Å². The van der Waals surface area contributed by atoms with Gasteiger partial charge in [-0.2, -0.15) is 0 Å². The van der Waals surface area contributed by atoms with Crippen LogP contribution in [0.3, 0.4) is 0 Å². The standard InChI is InChI=1S/C14H11Cl2FO2/c1-8(18)14-12(17)3-2-4-13(14)19-9-5-6-10(15)11(16)7-9/h2-8,18H,1H3. The summed E-state index contributed by atoms with van der Waals surface area (Å²) in [5.74, 6) is 0.142. The Hall–Kier alpha value is -1.29. The SMILES string of the molecule is CC(O)c1c(F)cccc1Oc1ccc(Cl)c(Cl)c1. The molecular weight excluding hydrogens is 290 g/mol. The van der Waals surface area contributed by atoms with Gasteiger partial charge in [0.1, 0.15) is 17.3 Å². The largest absolute Gasteiger partial charge is 0.457 e. The van der Waals surface area contributed by atoms with E-state index in [1.165, 1.54) is 25.1 Å². The number of ether oxygens (including phenoxy) is 1. The maximum Gasteiger partial charge on any atom is 0.136 e. The molecule has 1 atom stereocenters. The molecule has 0 aliphatic rings. The maximum absolute atomic E-state index is 13.7. The monoisotopic (exact) mass is 300 g/mol. The second kappa shape index (κ2) is 5.78. The third kappa shape index (κ3) is 3.18. The Morgan fingerprint density at radius 2 is 1.89 bits per heavy atom. The average molecular weight is 301 g/mol. The predicted octanol–water partition coefficient (Wildman–Crippen LogP) is 4.98. The normalized spacial score (nSPS) is 12.3. The van der Waals surface area contributed by atoms with E-state index in [0.717, 1.165) is 0 Å². The van der Waals surface area contributed by atoms with Crippen LogP contribution in [0, 0.1) is 5.82 Å². The van der Waals surface area contributed by atoms with E-state index in [1.807, 2.05) is 0 Å². The van der Waals surface area contributed by atoms with Gasteiger partial charge in [0.2, 0.25) is 0 Å². The van der Waals surface area contributed by atoms with Crippen molar-refractivity contribution >= 4 is 23.2 Å². The van der Waals surface area contributed by atoms with Crippen molar-refractivity contribution in [1.82, 2.24) is 0 Å². The minimum absolute atomic E-state index is 0.105. The number of halogens is 3. The quantitative estimate of drug-likeness (QED) is 0.866. The average Bonchev–Trinajstić information content (AvgIpc) is 2.33. The Bertz CT molecular complexity index is 600. The molecule has 0 saturated carbocycles. The molecule has 0 amide bonds. The Kier molecular flexibility index (Phi) is 4.30. The second-order valence-corrected chi connectivity index (χ2v) is 4.82. The van der Waals surface area contributed by atoms with E-state index in [4.69, 9.17) is 27.9 Å². The first-order valence-electron chi connectivity index (χ1n) is 5.58. The third-order valence-corrected chi connectivity index (χ3v) is 3.29. The number of benzene rings is 2. The number of hydrogen-bond acceptors (Lipinski definition) is 2. The fourth-order valence-electron chi connectivity index (χ4n) is 1.68. The molecule has 2 nitrogen and oxygen atoms in total. The van der Waals surface area contributed by atoms with Gasteiger partial charge in [-0.3, -0.25) is 0 Å². The summed E-state index contributed by atoms with van der Waals surface area (Å²) in [4.78, 5) is 0. The Balaban J connectivity index is 2.38. The lowest BCUT2D eigenvalue weighted by molar-refractivity contribution is 0.190. The van der Waals surface area contributed by atoms with Crippen molar-refractivity contribution in [3.63, 3.8) is 0 Å². The molecule has 0 bridgehead atoms. The molecule has 1 unspecified atom stereocenters. The molecule has 2 rings (SSSR count). The first kappa shape index (κ1) is 14.1. The van der Waals surface area contributed by atoms with Crippen LogP contribution in [0.25, 0.3) is 0 Å². The van der Waals surface area contributed by atoms with Crippen molar-refractivity contribution in [3.8, 4) is 11.5 Å².